The number of nitrogens with one attached hydrogen (secondary N) is 1. The summed E-state index contributed by atoms with van der Waals surface area (Å²) in [4.78, 5) is 10.5. The van der Waals surface area contributed by atoms with E-state index in [1.165, 1.54) is 6.92 Å². The van der Waals surface area contributed by atoms with E-state index < -0.39 is 0 Å². The molecule has 0 spiro atoms. The Kier molecular flexibility index (Phi) is 3.13. The second kappa shape index (κ2) is 3.40. The van der Waals surface area contributed by atoms with Gasteiger partial charge in [-0.1, -0.05) is 19.9 Å². The minimum atomic E-state index is 0. The fourth-order valence-electron chi connectivity index (χ4n) is 0.424. The third-order valence-electron chi connectivity index (χ3n) is 1.35. The van der Waals surface area contributed by atoms with Crippen LogP contribution in [-0.4, -0.2) is 12.5 Å². The van der Waals surface area contributed by atoms with Crippen LogP contribution in [0.25, 0.3) is 0 Å². The number of carbonyl (C=O) groups is 1. The van der Waals surface area contributed by atoms with Crippen LogP contribution < -0.4 is 5.32 Å². The van der Waals surface area contributed by atoms with Crippen molar-refractivity contribution in [2.45, 2.75) is 20.8 Å². The molecule has 0 unspecified atom stereocenters. The van der Waals surface area contributed by atoms with Crippen LogP contribution >= 0.6 is 0 Å². The Balaban J connectivity index is 0. The highest BCUT2D eigenvalue weighted by Crippen LogP contribution is 2.13. The molecule has 0 fully saturated rings. The molecule has 0 saturated carbocycles. The van der Waals surface area contributed by atoms with Crippen LogP contribution in [0.4, 0.5) is 0 Å². The van der Waals surface area contributed by atoms with E-state index in [0.29, 0.717) is 6.54 Å². The molecule has 0 aromatic rings. The van der Waals surface area contributed by atoms with Gasteiger partial charge in [-0.3, -0.25) is 4.79 Å². The van der Waals surface area contributed by atoms with Crippen molar-refractivity contribution in [3.63, 3.8) is 0 Å². The Hall–Kier alpha value is -0.790. The van der Waals surface area contributed by atoms with Gasteiger partial charge in [-0.2, -0.15) is 0 Å². The van der Waals surface area contributed by atoms with E-state index in [1.807, 2.05) is 19.9 Å². The first-order chi connectivity index (χ1) is 4.48. The topological polar surface area (TPSA) is 29.1 Å². The standard InChI is InChI=1S/C8H15NO.H2/c1-5-8(3,4)6-9-7(2)10;/h5H,1,6H2,2-4H3,(H,9,10);1H. The second-order valence-corrected chi connectivity index (χ2v) is 3.10. The van der Waals surface area contributed by atoms with Crippen molar-refractivity contribution in [2.75, 3.05) is 6.54 Å². The number of rotatable bonds is 3. The van der Waals surface area contributed by atoms with Gasteiger partial charge in [0.1, 0.15) is 0 Å². The first kappa shape index (κ1) is 9.21. The quantitative estimate of drug-likeness (QED) is 0.597. The van der Waals surface area contributed by atoms with Gasteiger partial charge in [0.15, 0.2) is 0 Å². The average molecular weight is 143 g/mol. The fourth-order valence-corrected chi connectivity index (χ4v) is 0.424. The molecule has 60 valence electrons. The van der Waals surface area contributed by atoms with Crippen LogP contribution in [0.1, 0.15) is 22.2 Å². The van der Waals surface area contributed by atoms with Gasteiger partial charge in [-0.05, 0) is 5.41 Å². The summed E-state index contributed by atoms with van der Waals surface area (Å²) in [5, 5.41) is 2.73. The Morgan fingerprint density at radius 2 is 2.30 bits per heavy atom. The van der Waals surface area contributed by atoms with Gasteiger partial charge in [-0.25, -0.2) is 0 Å². The van der Waals surface area contributed by atoms with Gasteiger partial charge >= 0.3 is 0 Å². The molecule has 0 aliphatic rings. The van der Waals surface area contributed by atoms with Gasteiger partial charge in [0.25, 0.3) is 0 Å². The SMILES string of the molecule is C=CC(C)(C)CNC(C)=O.[HH]. The molecule has 0 bridgehead atoms. The maximum absolute atomic E-state index is 10.5. The van der Waals surface area contributed by atoms with Crippen molar-refractivity contribution in [1.82, 2.24) is 5.32 Å². The lowest BCUT2D eigenvalue weighted by molar-refractivity contribution is -0.119. The molecule has 0 saturated heterocycles. The Morgan fingerprint density at radius 1 is 1.80 bits per heavy atom. The van der Waals surface area contributed by atoms with E-state index in [9.17, 15) is 4.79 Å². The summed E-state index contributed by atoms with van der Waals surface area (Å²) in [7, 11) is 0. The van der Waals surface area contributed by atoms with Gasteiger partial charge in [-0.15, -0.1) is 6.58 Å². The van der Waals surface area contributed by atoms with Crippen LogP contribution in [0.2, 0.25) is 0 Å². The molecule has 0 aromatic carbocycles. The van der Waals surface area contributed by atoms with E-state index in [0.717, 1.165) is 0 Å². The number of amides is 1. The van der Waals surface area contributed by atoms with Crippen molar-refractivity contribution in [3.8, 4) is 0 Å². The van der Waals surface area contributed by atoms with Crippen LogP contribution in [-0.2, 0) is 4.79 Å². The van der Waals surface area contributed by atoms with Crippen molar-refractivity contribution >= 4 is 5.91 Å². The summed E-state index contributed by atoms with van der Waals surface area (Å²) in [6, 6.07) is 0. The molecule has 10 heavy (non-hydrogen) atoms. The predicted octanol–water partition coefficient (Wildman–Crippen LogP) is 1.58. The summed E-state index contributed by atoms with van der Waals surface area (Å²) in [6.45, 7) is 9.88. The van der Waals surface area contributed by atoms with Gasteiger partial charge in [0.05, 0.1) is 0 Å². The van der Waals surface area contributed by atoms with E-state index in [4.69, 9.17) is 0 Å². The first-order valence-corrected chi connectivity index (χ1v) is 3.36. The zero-order valence-electron chi connectivity index (χ0n) is 6.90. The molecule has 0 atom stereocenters. The highest BCUT2D eigenvalue weighted by atomic mass is 16.1. The molecule has 0 radical (unpaired) electrons. The molecule has 1 N–H and O–H groups in total. The Morgan fingerprint density at radius 3 is 2.60 bits per heavy atom. The second-order valence-electron chi connectivity index (χ2n) is 3.10. The lowest BCUT2D eigenvalue weighted by atomic mass is 9.94. The molecule has 1 amide bonds. The first-order valence-electron chi connectivity index (χ1n) is 3.36. The molecule has 0 aliphatic heterocycles. The maximum atomic E-state index is 10.5. The molecule has 2 heteroatoms. The minimum Gasteiger partial charge on any atom is -0.355 e. The highest BCUT2D eigenvalue weighted by Gasteiger charge is 2.11. The fraction of sp³-hybridized carbons (Fsp3) is 0.625. The maximum Gasteiger partial charge on any atom is 0.216 e. The molecule has 0 aromatic heterocycles. The molecular weight excluding hydrogens is 126 g/mol. The van der Waals surface area contributed by atoms with Gasteiger partial charge in [0, 0.05) is 14.9 Å². The average Bonchev–Trinajstić information content (AvgIpc) is 1.85. The molecular formula is C8H17NO. The monoisotopic (exact) mass is 143 g/mol. The number of hydrogen-bond acceptors (Lipinski definition) is 1. The van der Waals surface area contributed by atoms with Crippen LogP contribution in [0.3, 0.4) is 0 Å². The van der Waals surface area contributed by atoms with Gasteiger partial charge in [0.2, 0.25) is 5.91 Å². The van der Waals surface area contributed by atoms with Crippen molar-refractivity contribution < 1.29 is 6.22 Å². The Bertz CT molecular complexity index is 143. The summed E-state index contributed by atoms with van der Waals surface area (Å²) >= 11 is 0. The third-order valence-corrected chi connectivity index (χ3v) is 1.35. The van der Waals surface area contributed by atoms with E-state index in [2.05, 4.69) is 11.9 Å². The predicted molar refractivity (Wildman–Crippen MR) is 44.8 cm³/mol. The molecule has 2 nitrogen and oxygen atoms in total. The number of carbonyl (C=O) groups excluding carboxylic acids is 1. The highest BCUT2D eigenvalue weighted by molar-refractivity contribution is 5.72. The van der Waals surface area contributed by atoms with Crippen molar-refractivity contribution in [3.05, 3.63) is 12.7 Å². The van der Waals surface area contributed by atoms with E-state index in [-0.39, 0.29) is 12.7 Å². The normalized spacial score (nSPS) is 10.7. The van der Waals surface area contributed by atoms with E-state index in [1.54, 1.807) is 0 Å². The lowest BCUT2D eigenvalue weighted by Crippen LogP contribution is -2.30. The summed E-state index contributed by atoms with van der Waals surface area (Å²) in [5.74, 6) is 0.00919. The van der Waals surface area contributed by atoms with Crippen molar-refractivity contribution in [2.24, 2.45) is 5.41 Å². The van der Waals surface area contributed by atoms with Crippen LogP contribution in [0.15, 0.2) is 12.7 Å². The summed E-state index contributed by atoms with van der Waals surface area (Å²) < 4.78 is 0. The lowest BCUT2D eigenvalue weighted by Gasteiger charge is -2.19. The summed E-state index contributed by atoms with van der Waals surface area (Å²) in [5.41, 5.74) is 0.00563. The zero-order valence-corrected chi connectivity index (χ0v) is 6.90. The zero-order chi connectivity index (χ0) is 8.20. The van der Waals surface area contributed by atoms with E-state index >= 15 is 0 Å². The third kappa shape index (κ3) is 4.13. The summed E-state index contributed by atoms with van der Waals surface area (Å²) in [6.07, 6.45) is 1.84. The van der Waals surface area contributed by atoms with Crippen LogP contribution in [0, 0.1) is 5.41 Å². The largest absolute Gasteiger partial charge is 0.355 e. The van der Waals surface area contributed by atoms with Crippen molar-refractivity contribution in [1.29, 1.82) is 0 Å². The molecule has 0 aliphatic carbocycles. The smallest absolute Gasteiger partial charge is 0.216 e. The number of hydrogen-bond donors (Lipinski definition) is 1. The minimum absolute atomic E-state index is 0. The Labute approximate surface area is 63.8 Å². The van der Waals surface area contributed by atoms with Crippen LogP contribution in [0.5, 0.6) is 0 Å². The van der Waals surface area contributed by atoms with Gasteiger partial charge < -0.3 is 5.32 Å². The molecule has 0 heterocycles. The molecule has 0 rings (SSSR count).